The Balaban J connectivity index is 2.13. The molecular weight excluding hydrogens is 394 g/mol. The molecule has 9 heteroatoms. The van der Waals surface area contributed by atoms with Gasteiger partial charge in [-0.25, -0.2) is 13.1 Å². The minimum absolute atomic E-state index is 0.0455. The largest absolute Gasteiger partial charge is 0.383 e. The number of hydrogen-bond acceptors (Lipinski definition) is 5. The number of rotatable bonds is 6. The van der Waals surface area contributed by atoms with E-state index in [-0.39, 0.29) is 29.9 Å². The molecule has 1 saturated heterocycles. The van der Waals surface area contributed by atoms with E-state index in [1.807, 2.05) is 20.8 Å². The van der Waals surface area contributed by atoms with Crippen LogP contribution in [0.2, 0.25) is 0 Å². The lowest BCUT2D eigenvalue weighted by Crippen LogP contribution is -2.53. The minimum atomic E-state index is -3.73. The summed E-state index contributed by atoms with van der Waals surface area (Å²) >= 11 is 0. The average Bonchev–Trinajstić information content (AvgIpc) is 2.66. The number of aryl methyl sites for hydroxylation is 1. The summed E-state index contributed by atoms with van der Waals surface area (Å²) in [5.41, 5.74) is 0.607. The molecular formula is C20H31N3O5S. The lowest BCUT2D eigenvalue weighted by atomic mass is 9.94. The summed E-state index contributed by atoms with van der Waals surface area (Å²) in [5.74, 6) is -0.157. The summed E-state index contributed by atoms with van der Waals surface area (Å²) in [5, 5.41) is 0. The number of benzene rings is 1. The van der Waals surface area contributed by atoms with Gasteiger partial charge in [-0.05, 0) is 24.6 Å². The van der Waals surface area contributed by atoms with E-state index < -0.39 is 15.4 Å². The van der Waals surface area contributed by atoms with Gasteiger partial charge >= 0.3 is 0 Å². The van der Waals surface area contributed by atoms with Gasteiger partial charge < -0.3 is 14.5 Å². The van der Waals surface area contributed by atoms with Gasteiger partial charge in [0.15, 0.2) is 0 Å². The van der Waals surface area contributed by atoms with E-state index in [2.05, 4.69) is 4.72 Å². The molecule has 0 spiro atoms. The molecule has 2 amide bonds. The van der Waals surface area contributed by atoms with Crippen LogP contribution >= 0.6 is 0 Å². The Morgan fingerprint density at radius 2 is 1.69 bits per heavy atom. The average molecular weight is 426 g/mol. The molecule has 0 aliphatic carbocycles. The third-order valence-electron chi connectivity index (χ3n) is 4.84. The van der Waals surface area contributed by atoms with E-state index in [0.717, 1.165) is 0 Å². The second kappa shape index (κ2) is 9.23. The third kappa shape index (κ3) is 5.77. The van der Waals surface area contributed by atoms with E-state index in [0.29, 0.717) is 37.3 Å². The molecule has 0 radical (unpaired) electrons. The van der Waals surface area contributed by atoms with Crippen molar-refractivity contribution >= 4 is 21.8 Å². The quantitative estimate of drug-likeness (QED) is 0.692. The molecule has 1 N–H and O–H groups in total. The van der Waals surface area contributed by atoms with Gasteiger partial charge in [0, 0.05) is 50.8 Å². The van der Waals surface area contributed by atoms with Crippen LogP contribution in [0.1, 0.15) is 36.7 Å². The van der Waals surface area contributed by atoms with E-state index in [4.69, 9.17) is 4.74 Å². The highest BCUT2D eigenvalue weighted by Crippen LogP contribution is 2.21. The Kier molecular flexibility index (Phi) is 7.42. The number of carbonyl (C=O) groups excluding carboxylic acids is 2. The Morgan fingerprint density at radius 1 is 1.10 bits per heavy atom. The smallest absolute Gasteiger partial charge is 0.254 e. The molecule has 1 aromatic carbocycles. The maximum atomic E-state index is 13.0. The molecule has 2 rings (SSSR count). The van der Waals surface area contributed by atoms with Crippen LogP contribution in [0.4, 0.5) is 0 Å². The number of ether oxygens (including phenoxy) is 1. The highest BCUT2D eigenvalue weighted by molar-refractivity contribution is 7.89. The molecule has 0 bridgehead atoms. The monoisotopic (exact) mass is 425 g/mol. The SMILES string of the molecule is COCCNS(=O)(=O)c1ccc(C)c(C(=O)N2CCN(C(=O)C(C)(C)C)CC2)c1. The molecule has 1 aliphatic rings. The minimum Gasteiger partial charge on any atom is -0.383 e. The predicted octanol–water partition coefficient (Wildman–Crippen LogP) is 1.25. The van der Waals surface area contributed by atoms with Crippen molar-refractivity contribution in [2.75, 3.05) is 46.4 Å². The zero-order valence-corrected chi connectivity index (χ0v) is 18.6. The highest BCUT2D eigenvalue weighted by Gasteiger charge is 2.31. The van der Waals surface area contributed by atoms with E-state index in [1.54, 1.807) is 22.8 Å². The van der Waals surface area contributed by atoms with Gasteiger partial charge in [0.05, 0.1) is 11.5 Å². The summed E-state index contributed by atoms with van der Waals surface area (Å²) in [6, 6.07) is 4.54. The second-order valence-electron chi connectivity index (χ2n) is 8.20. The number of piperazine rings is 1. The van der Waals surface area contributed by atoms with E-state index in [1.165, 1.54) is 19.2 Å². The summed E-state index contributed by atoms with van der Waals surface area (Å²) in [7, 11) is -2.23. The maximum Gasteiger partial charge on any atom is 0.254 e. The fourth-order valence-corrected chi connectivity index (χ4v) is 4.16. The molecule has 29 heavy (non-hydrogen) atoms. The van der Waals surface area contributed by atoms with Crippen LogP contribution in [0.3, 0.4) is 0 Å². The number of amides is 2. The van der Waals surface area contributed by atoms with Crippen LogP contribution in [0.25, 0.3) is 0 Å². The maximum absolute atomic E-state index is 13.0. The van der Waals surface area contributed by atoms with Crippen molar-refractivity contribution in [2.45, 2.75) is 32.6 Å². The third-order valence-corrected chi connectivity index (χ3v) is 6.30. The molecule has 1 aromatic rings. The molecule has 1 fully saturated rings. The summed E-state index contributed by atoms with van der Waals surface area (Å²) in [4.78, 5) is 28.9. The number of methoxy groups -OCH3 is 1. The van der Waals surface area contributed by atoms with Gasteiger partial charge in [0.2, 0.25) is 15.9 Å². The first-order chi connectivity index (χ1) is 13.5. The Morgan fingerprint density at radius 3 is 2.24 bits per heavy atom. The zero-order valence-electron chi connectivity index (χ0n) is 17.8. The second-order valence-corrected chi connectivity index (χ2v) is 9.97. The standard InChI is InChI=1S/C20H31N3O5S/c1-15-6-7-16(29(26,27)21-8-13-28-5)14-17(15)18(24)22-9-11-23(12-10-22)19(25)20(2,3)4/h6-7,14,21H,8-13H2,1-5H3. The summed E-state index contributed by atoms with van der Waals surface area (Å²) in [6.45, 7) is 9.60. The van der Waals surface area contributed by atoms with Crippen LogP contribution in [-0.2, 0) is 19.6 Å². The predicted molar refractivity (Wildman–Crippen MR) is 110 cm³/mol. The zero-order chi connectivity index (χ0) is 21.8. The van der Waals surface area contributed by atoms with Gasteiger partial charge in [-0.15, -0.1) is 0 Å². The number of nitrogens with zero attached hydrogens (tertiary/aromatic N) is 2. The lowest BCUT2D eigenvalue weighted by Gasteiger charge is -2.37. The van der Waals surface area contributed by atoms with Crippen molar-refractivity contribution in [3.8, 4) is 0 Å². The van der Waals surface area contributed by atoms with Gasteiger partial charge in [-0.2, -0.15) is 0 Å². The first kappa shape index (κ1) is 23.3. The van der Waals surface area contributed by atoms with Crippen molar-refractivity contribution < 1.29 is 22.7 Å². The van der Waals surface area contributed by atoms with E-state index in [9.17, 15) is 18.0 Å². The molecule has 0 saturated carbocycles. The van der Waals surface area contributed by atoms with Gasteiger partial charge in [0.1, 0.15) is 0 Å². The summed E-state index contributed by atoms with van der Waals surface area (Å²) in [6.07, 6.45) is 0. The fraction of sp³-hybridized carbons (Fsp3) is 0.600. The highest BCUT2D eigenvalue weighted by atomic mass is 32.2. The van der Waals surface area contributed by atoms with Crippen molar-refractivity contribution in [2.24, 2.45) is 5.41 Å². The van der Waals surface area contributed by atoms with Gasteiger partial charge in [0.25, 0.3) is 5.91 Å². The Labute approximate surface area is 173 Å². The van der Waals surface area contributed by atoms with Crippen molar-refractivity contribution in [3.05, 3.63) is 29.3 Å². The molecule has 1 aliphatic heterocycles. The van der Waals surface area contributed by atoms with Crippen molar-refractivity contribution in [1.82, 2.24) is 14.5 Å². The van der Waals surface area contributed by atoms with Crippen LogP contribution in [-0.4, -0.2) is 76.5 Å². The summed E-state index contributed by atoms with van der Waals surface area (Å²) < 4.78 is 32.2. The molecule has 162 valence electrons. The molecule has 1 heterocycles. The topological polar surface area (TPSA) is 96.0 Å². The Bertz CT molecular complexity index is 853. The van der Waals surface area contributed by atoms with Crippen LogP contribution in [0, 0.1) is 12.3 Å². The van der Waals surface area contributed by atoms with Gasteiger partial charge in [-0.3, -0.25) is 9.59 Å². The molecule has 8 nitrogen and oxygen atoms in total. The van der Waals surface area contributed by atoms with Crippen LogP contribution < -0.4 is 4.72 Å². The fourth-order valence-electron chi connectivity index (χ4n) is 3.12. The first-order valence-electron chi connectivity index (χ1n) is 9.65. The number of sulfonamides is 1. The van der Waals surface area contributed by atoms with Gasteiger partial charge in [-0.1, -0.05) is 26.8 Å². The number of carbonyl (C=O) groups is 2. The molecule has 0 aromatic heterocycles. The van der Waals surface area contributed by atoms with Crippen LogP contribution in [0.15, 0.2) is 23.1 Å². The first-order valence-corrected chi connectivity index (χ1v) is 11.1. The van der Waals surface area contributed by atoms with Crippen LogP contribution in [0.5, 0.6) is 0 Å². The van der Waals surface area contributed by atoms with Crippen molar-refractivity contribution in [1.29, 1.82) is 0 Å². The van der Waals surface area contributed by atoms with E-state index >= 15 is 0 Å². The number of nitrogens with one attached hydrogen (secondary N) is 1. The lowest BCUT2D eigenvalue weighted by molar-refractivity contribution is -0.140. The van der Waals surface area contributed by atoms with Crippen molar-refractivity contribution in [3.63, 3.8) is 0 Å². The number of hydrogen-bond donors (Lipinski definition) is 1. The normalized spacial score (nSPS) is 15.5. The molecule has 0 unspecified atom stereocenters. The molecule has 0 atom stereocenters. The Hall–Kier alpha value is -1.97.